The van der Waals surface area contributed by atoms with Gasteiger partial charge in [0, 0.05) is 12.6 Å². The second kappa shape index (κ2) is 7.01. The summed E-state index contributed by atoms with van der Waals surface area (Å²) in [7, 11) is 0. The largest absolute Gasteiger partial charge is 0.393 e. The molecule has 1 saturated carbocycles. The van der Waals surface area contributed by atoms with Gasteiger partial charge in [0.2, 0.25) is 0 Å². The van der Waals surface area contributed by atoms with Crippen molar-refractivity contribution >= 4 is 0 Å². The molecule has 0 radical (unpaired) electrons. The Morgan fingerprint density at radius 3 is 2.95 bits per heavy atom. The molecule has 2 rings (SSSR count). The van der Waals surface area contributed by atoms with Crippen molar-refractivity contribution in [2.75, 3.05) is 6.54 Å². The van der Waals surface area contributed by atoms with Crippen LogP contribution in [0.2, 0.25) is 0 Å². The van der Waals surface area contributed by atoms with Crippen LogP contribution in [0.5, 0.6) is 0 Å². The van der Waals surface area contributed by atoms with Crippen molar-refractivity contribution in [2.24, 2.45) is 5.92 Å². The fraction of sp³-hybridized carbons (Fsp3) is 0.625. The molecule has 106 valence electrons. The van der Waals surface area contributed by atoms with E-state index in [1.165, 1.54) is 6.07 Å². The summed E-state index contributed by atoms with van der Waals surface area (Å²) >= 11 is 0. The number of aryl methyl sites for hydroxylation is 1. The van der Waals surface area contributed by atoms with Gasteiger partial charge < -0.3 is 10.4 Å². The standard InChI is InChI=1S/C16H24FNO/c1-12(18-11-14-5-3-7-16(14)19)8-9-13-4-2-6-15(17)10-13/h2,4,6,10,12,14,16,18-19H,3,5,7-9,11H2,1H3. The molecule has 0 heterocycles. The predicted octanol–water partition coefficient (Wildman–Crippen LogP) is 2.90. The third-order valence-corrected chi connectivity index (χ3v) is 4.10. The Hall–Kier alpha value is -0.930. The number of nitrogens with one attached hydrogen (secondary N) is 1. The van der Waals surface area contributed by atoms with Crippen molar-refractivity contribution in [2.45, 2.75) is 51.2 Å². The van der Waals surface area contributed by atoms with Crippen LogP contribution in [0, 0.1) is 11.7 Å². The Balaban J connectivity index is 1.68. The van der Waals surface area contributed by atoms with Crippen molar-refractivity contribution in [3.05, 3.63) is 35.6 Å². The summed E-state index contributed by atoms with van der Waals surface area (Å²) in [4.78, 5) is 0. The molecule has 19 heavy (non-hydrogen) atoms. The lowest BCUT2D eigenvalue weighted by molar-refractivity contribution is 0.130. The summed E-state index contributed by atoms with van der Waals surface area (Å²) in [5.41, 5.74) is 1.05. The van der Waals surface area contributed by atoms with Crippen LogP contribution in [-0.2, 0) is 6.42 Å². The normalized spacial score (nSPS) is 24.6. The molecule has 0 spiro atoms. The number of hydrogen-bond acceptors (Lipinski definition) is 2. The molecule has 1 aliphatic carbocycles. The van der Waals surface area contributed by atoms with Gasteiger partial charge in [-0.3, -0.25) is 0 Å². The van der Waals surface area contributed by atoms with Gasteiger partial charge >= 0.3 is 0 Å². The van der Waals surface area contributed by atoms with Gasteiger partial charge in [-0.1, -0.05) is 18.6 Å². The number of halogens is 1. The van der Waals surface area contributed by atoms with E-state index in [0.717, 1.165) is 44.2 Å². The van der Waals surface area contributed by atoms with Crippen LogP contribution < -0.4 is 5.32 Å². The topological polar surface area (TPSA) is 32.3 Å². The Kier molecular flexibility index (Phi) is 5.34. The van der Waals surface area contributed by atoms with E-state index in [4.69, 9.17) is 0 Å². The van der Waals surface area contributed by atoms with E-state index in [9.17, 15) is 9.50 Å². The summed E-state index contributed by atoms with van der Waals surface area (Å²) < 4.78 is 13.0. The lowest BCUT2D eigenvalue weighted by atomic mass is 10.0. The molecular formula is C16H24FNO. The molecule has 0 amide bonds. The van der Waals surface area contributed by atoms with Gasteiger partial charge in [-0.2, -0.15) is 0 Å². The summed E-state index contributed by atoms with van der Waals surface area (Å²) in [5.74, 6) is 0.254. The number of aliphatic hydroxyl groups is 1. The molecule has 0 bridgehead atoms. The van der Waals surface area contributed by atoms with Gasteiger partial charge in [-0.25, -0.2) is 4.39 Å². The summed E-state index contributed by atoms with van der Waals surface area (Å²) in [6.07, 6.45) is 4.98. The second-order valence-corrected chi connectivity index (χ2v) is 5.74. The van der Waals surface area contributed by atoms with Gasteiger partial charge in [0.1, 0.15) is 5.82 Å². The smallest absolute Gasteiger partial charge is 0.123 e. The Morgan fingerprint density at radius 2 is 2.26 bits per heavy atom. The first-order chi connectivity index (χ1) is 9.15. The first-order valence-corrected chi connectivity index (χ1v) is 7.31. The van der Waals surface area contributed by atoms with Gasteiger partial charge in [0.05, 0.1) is 6.10 Å². The van der Waals surface area contributed by atoms with Crippen LogP contribution in [0.25, 0.3) is 0 Å². The first-order valence-electron chi connectivity index (χ1n) is 7.31. The zero-order chi connectivity index (χ0) is 13.7. The molecule has 1 aromatic carbocycles. The molecule has 2 nitrogen and oxygen atoms in total. The maximum Gasteiger partial charge on any atom is 0.123 e. The minimum Gasteiger partial charge on any atom is -0.393 e. The average molecular weight is 265 g/mol. The lowest BCUT2D eigenvalue weighted by Gasteiger charge is -2.19. The van der Waals surface area contributed by atoms with E-state index in [-0.39, 0.29) is 11.9 Å². The van der Waals surface area contributed by atoms with Crippen LogP contribution in [0.1, 0.15) is 38.2 Å². The Labute approximate surface area is 115 Å². The van der Waals surface area contributed by atoms with Crippen LogP contribution in [0.4, 0.5) is 4.39 Å². The summed E-state index contributed by atoms with van der Waals surface area (Å²) in [6.45, 7) is 3.05. The van der Waals surface area contributed by atoms with Crippen molar-refractivity contribution in [3.8, 4) is 0 Å². The molecule has 0 aromatic heterocycles. The zero-order valence-electron chi connectivity index (χ0n) is 11.6. The molecule has 0 saturated heterocycles. The van der Waals surface area contributed by atoms with Gasteiger partial charge in [0.25, 0.3) is 0 Å². The third-order valence-electron chi connectivity index (χ3n) is 4.10. The monoisotopic (exact) mass is 265 g/mol. The van der Waals surface area contributed by atoms with E-state index in [1.807, 2.05) is 6.07 Å². The number of hydrogen-bond donors (Lipinski definition) is 2. The van der Waals surface area contributed by atoms with Crippen molar-refractivity contribution in [3.63, 3.8) is 0 Å². The third kappa shape index (κ3) is 4.59. The van der Waals surface area contributed by atoms with Crippen LogP contribution in [0.3, 0.4) is 0 Å². The minimum absolute atomic E-state index is 0.122. The molecule has 3 unspecified atom stereocenters. The van der Waals surface area contributed by atoms with Gasteiger partial charge in [0.15, 0.2) is 0 Å². The molecule has 1 aliphatic rings. The highest BCUT2D eigenvalue weighted by atomic mass is 19.1. The van der Waals surface area contributed by atoms with Crippen LogP contribution in [0.15, 0.2) is 24.3 Å². The second-order valence-electron chi connectivity index (χ2n) is 5.74. The van der Waals surface area contributed by atoms with E-state index in [1.54, 1.807) is 12.1 Å². The number of aliphatic hydroxyl groups excluding tert-OH is 1. The van der Waals surface area contributed by atoms with E-state index >= 15 is 0 Å². The SMILES string of the molecule is CC(CCc1cccc(F)c1)NCC1CCCC1O. The van der Waals surface area contributed by atoms with E-state index < -0.39 is 0 Å². The first kappa shape index (κ1) is 14.5. The maximum atomic E-state index is 13.0. The molecule has 3 heteroatoms. The molecular weight excluding hydrogens is 241 g/mol. The van der Waals surface area contributed by atoms with Crippen molar-refractivity contribution in [1.29, 1.82) is 0 Å². The van der Waals surface area contributed by atoms with E-state index in [2.05, 4.69) is 12.2 Å². The highest BCUT2D eigenvalue weighted by molar-refractivity contribution is 5.16. The van der Waals surface area contributed by atoms with Gasteiger partial charge in [-0.15, -0.1) is 0 Å². The van der Waals surface area contributed by atoms with Crippen molar-refractivity contribution in [1.82, 2.24) is 5.32 Å². The highest BCUT2D eigenvalue weighted by Gasteiger charge is 2.24. The Bertz CT molecular complexity index is 396. The van der Waals surface area contributed by atoms with Gasteiger partial charge in [-0.05, 0) is 56.2 Å². The maximum absolute atomic E-state index is 13.0. The predicted molar refractivity (Wildman–Crippen MR) is 75.5 cm³/mol. The minimum atomic E-state index is -0.160. The molecule has 2 N–H and O–H groups in total. The fourth-order valence-corrected chi connectivity index (χ4v) is 2.79. The lowest BCUT2D eigenvalue weighted by Crippen LogP contribution is -2.34. The molecule has 0 aliphatic heterocycles. The molecule has 1 fully saturated rings. The van der Waals surface area contributed by atoms with E-state index in [0.29, 0.717) is 12.0 Å². The molecule has 3 atom stereocenters. The zero-order valence-corrected chi connectivity index (χ0v) is 11.6. The van der Waals surface area contributed by atoms with Crippen molar-refractivity contribution < 1.29 is 9.50 Å². The number of benzene rings is 1. The quantitative estimate of drug-likeness (QED) is 0.829. The van der Waals surface area contributed by atoms with Crippen LogP contribution >= 0.6 is 0 Å². The summed E-state index contributed by atoms with van der Waals surface area (Å²) in [5, 5.41) is 13.2. The summed E-state index contributed by atoms with van der Waals surface area (Å²) in [6, 6.07) is 7.21. The number of rotatable bonds is 6. The Morgan fingerprint density at radius 1 is 1.42 bits per heavy atom. The molecule has 1 aromatic rings. The fourth-order valence-electron chi connectivity index (χ4n) is 2.79. The highest BCUT2D eigenvalue weighted by Crippen LogP contribution is 2.24. The average Bonchev–Trinajstić information content (AvgIpc) is 2.80. The van der Waals surface area contributed by atoms with Crippen LogP contribution in [-0.4, -0.2) is 23.8 Å².